The highest BCUT2D eigenvalue weighted by molar-refractivity contribution is 4.98. The molecule has 3 heteroatoms. The smallest absolute Gasteiger partial charge is 0.0849 e. The van der Waals surface area contributed by atoms with Gasteiger partial charge in [-0.15, -0.1) is 0 Å². The molecule has 0 fully saturated rings. The standard InChI is InChI=1S/C10H20O3/c1-8(6-7-11)4-5-9(12)10(2,3)13/h6,9,11-13H,4-5,7H2,1-3H3/t9-/m0/s1. The molecule has 0 aromatic rings. The lowest BCUT2D eigenvalue weighted by atomic mass is 9.96. The van der Waals surface area contributed by atoms with Crippen molar-refractivity contribution in [3.05, 3.63) is 11.6 Å². The Bertz CT molecular complexity index is 167. The third-order valence-corrected chi connectivity index (χ3v) is 2.07. The molecule has 0 aliphatic carbocycles. The average Bonchev–Trinajstić information content (AvgIpc) is 1.99. The van der Waals surface area contributed by atoms with Gasteiger partial charge in [0.25, 0.3) is 0 Å². The second-order valence-corrected chi connectivity index (χ2v) is 3.94. The lowest BCUT2D eigenvalue weighted by Crippen LogP contribution is -2.35. The predicted octanol–water partition coefficient (Wildman–Crippen LogP) is 0.837. The summed E-state index contributed by atoms with van der Waals surface area (Å²) in [4.78, 5) is 0. The van der Waals surface area contributed by atoms with Gasteiger partial charge in [0.05, 0.1) is 18.3 Å². The highest BCUT2D eigenvalue weighted by Crippen LogP contribution is 2.16. The topological polar surface area (TPSA) is 60.7 Å². The summed E-state index contributed by atoms with van der Waals surface area (Å²) in [5.41, 5.74) is -0.00902. The maximum Gasteiger partial charge on any atom is 0.0849 e. The largest absolute Gasteiger partial charge is 0.392 e. The van der Waals surface area contributed by atoms with E-state index in [1.165, 1.54) is 0 Å². The van der Waals surface area contributed by atoms with Crippen molar-refractivity contribution in [3.63, 3.8) is 0 Å². The van der Waals surface area contributed by atoms with Gasteiger partial charge in [0, 0.05) is 0 Å². The van der Waals surface area contributed by atoms with E-state index in [-0.39, 0.29) is 6.61 Å². The van der Waals surface area contributed by atoms with E-state index >= 15 is 0 Å². The molecule has 0 saturated heterocycles. The van der Waals surface area contributed by atoms with Gasteiger partial charge in [-0.25, -0.2) is 0 Å². The summed E-state index contributed by atoms with van der Waals surface area (Å²) in [6.45, 7) is 5.10. The molecule has 3 N–H and O–H groups in total. The molecule has 0 spiro atoms. The van der Waals surface area contributed by atoms with Crippen LogP contribution in [-0.4, -0.2) is 33.6 Å². The summed E-state index contributed by atoms with van der Waals surface area (Å²) in [5.74, 6) is 0. The van der Waals surface area contributed by atoms with Crippen molar-refractivity contribution in [1.82, 2.24) is 0 Å². The summed E-state index contributed by atoms with van der Waals surface area (Å²) in [6.07, 6.45) is 2.21. The maximum atomic E-state index is 9.46. The molecular formula is C10H20O3. The predicted molar refractivity (Wildman–Crippen MR) is 52.4 cm³/mol. The Hall–Kier alpha value is -0.380. The first-order chi connectivity index (χ1) is 5.88. The quantitative estimate of drug-likeness (QED) is 0.560. The number of rotatable bonds is 5. The van der Waals surface area contributed by atoms with E-state index in [1.54, 1.807) is 19.9 Å². The van der Waals surface area contributed by atoms with E-state index in [2.05, 4.69) is 0 Å². The van der Waals surface area contributed by atoms with Crippen LogP contribution in [-0.2, 0) is 0 Å². The van der Waals surface area contributed by atoms with Crippen molar-refractivity contribution < 1.29 is 15.3 Å². The van der Waals surface area contributed by atoms with Gasteiger partial charge in [0.1, 0.15) is 0 Å². The third kappa shape index (κ3) is 5.80. The molecule has 0 aliphatic heterocycles. The van der Waals surface area contributed by atoms with E-state index in [9.17, 15) is 10.2 Å². The number of hydrogen-bond acceptors (Lipinski definition) is 3. The molecule has 0 aliphatic rings. The number of aliphatic hydroxyl groups excluding tert-OH is 2. The Morgan fingerprint density at radius 2 is 2.00 bits per heavy atom. The van der Waals surface area contributed by atoms with Crippen LogP contribution in [0.5, 0.6) is 0 Å². The molecule has 0 unspecified atom stereocenters. The number of allylic oxidation sites excluding steroid dienone is 1. The summed E-state index contributed by atoms with van der Waals surface area (Å²) in [6, 6.07) is 0. The Morgan fingerprint density at radius 3 is 2.38 bits per heavy atom. The van der Waals surface area contributed by atoms with E-state index in [0.717, 1.165) is 5.57 Å². The Labute approximate surface area is 79.7 Å². The third-order valence-electron chi connectivity index (χ3n) is 2.07. The van der Waals surface area contributed by atoms with Crippen molar-refractivity contribution in [3.8, 4) is 0 Å². The van der Waals surface area contributed by atoms with Gasteiger partial charge in [0.2, 0.25) is 0 Å². The molecule has 0 rings (SSSR count). The number of aliphatic hydroxyl groups is 3. The fourth-order valence-electron chi connectivity index (χ4n) is 0.976. The lowest BCUT2D eigenvalue weighted by molar-refractivity contribution is -0.0509. The molecule has 0 radical (unpaired) electrons. The normalized spacial score (nSPS) is 16.0. The number of hydrogen-bond donors (Lipinski definition) is 3. The van der Waals surface area contributed by atoms with Gasteiger partial charge in [-0.2, -0.15) is 0 Å². The van der Waals surface area contributed by atoms with Crippen LogP contribution in [0, 0.1) is 0 Å². The molecule has 13 heavy (non-hydrogen) atoms. The SMILES string of the molecule is CC(=CCO)CC[C@H](O)C(C)(C)O. The minimum atomic E-state index is -1.04. The van der Waals surface area contributed by atoms with Gasteiger partial charge < -0.3 is 15.3 Å². The summed E-state index contributed by atoms with van der Waals surface area (Å²) < 4.78 is 0. The van der Waals surface area contributed by atoms with Crippen molar-refractivity contribution in [2.75, 3.05) is 6.61 Å². The monoisotopic (exact) mass is 188 g/mol. The average molecular weight is 188 g/mol. The van der Waals surface area contributed by atoms with E-state index in [1.807, 2.05) is 6.92 Å². The van der Waals surface area contributed by atoms with Crippen LogP contribution >= 0.6 is 0 Å². The van der Waals surface area contributed by atoms with Gasteiger partial charge in [0.15, 0.2) is 0 Å². The van der Waals surface area contributed by atoms with Gasteiger partial charge in [-0.3, -0.25) is 0 Å². The second-order valence-electron chi connectivity index (χ2n) is 3.94. The zero-order chi connectivity index (χ0) is 10.5. The van der Waals surface area contributed by atoms with Gasteiger partial charge >= 0.3 is 0 Å². The fourth-order valence-corrected chi connectivity index (χ4v) is 0.976. The lowest BCUT2D eigenvalue weighted by Gasteiger charge is -2.24. The van der Waals surface area contributed by atoms with Crippen molar-refractivity contribution in [2.24, 2.45) is 0 Å². The summed E-state index contributed by atoms with van der Waals surface area (Å²) in [5, 5.41) is 27.4. The second kappa shape index (κ2) is 5.37. The first-order valence-electron chi connectivity index (χ1n) is 4.55. The molecule has 78 valence electrons. The van der Waals surface area contributed by atoms with Crippen LogP contribution in [0.2, 0.25) is 0 Å². The van der Waals surface area contributed by atoms with Crippen LogP contribution in [0.15, 0.2) is 11.6 Å². The van der Waals surface area contributed by atoms with Crippen molar-refractivity contribution in [1.29, 1.82) is 0 Å². The molecule has 0 amide bonds. The molecule has 3 nitrogen and oxygen atoms in total. The van der Waals surface area contributed by atoms with E-state index in [0.29, 0.717) is 12.8 Å². The molecule has 0 bridgehead atoms. The zero-order valence-corrected chi connectivity index (χ0v) is 8.62. The van der Waals surface area contributed by atoms with Crippen molar-refractivity contribution in [2.45, 2.75) is 45.3 Å². The van der Waals surface area contributed by atoms with E-state index in [4.69, 9.17) is 5.11 Å². The van der Waals surface area contributed by atoms with Gasteiger partial charge in [-0.05, 0) is 33.6 Å². The Kier molecular flexibility index (Phi) is 5.21. The van der Waals surface area contributed by atoms with Crippen LogP contribution < -0.4 is 0 Å². The van der Waals surface area contributed by atoms with Gasteiger partial charge in [-0.1, -0.05) is 11.6 Å². The molecule has 0 aromatic heterocycles. The maximum absolute atomic E-state index is 9.46. The highest BCUT2D eigenvalue weighted by atomic mass is 16.3. The summed E-state index contributed by atoms with van der Waals surface area (Å²) in [7, 11) is 0. The Balaban J connectivity index is 3.83. The first-order valence-corrected chi connectivity index (χ1v) is 4.55. The minimum Gasteiger partial charge on any atom is -0.392 e. The molecule has 0 heterocycles. The minimum absolute atomic E-state index is 0.0322. The van der Waals surface area contributed by atoms with Crippen LogP contribution in [0.4, 0.5) is 0 Å². The van der Waals surface area contributed by atoms with Crippen LogP contribution in [0.3, 0.4) is 0 Å². The fraction of sp³-hybridized carbons (Fsp3) is 0.800. The van der Waals surface area contributed by atoms with Crippen molar-refractivity contribution >= 4 is 0 Å². The molecular weight excluding hydrogens is 168 g/mol. The molecule has 0 saturated carbocycles. The highest BCUT2D eigenvalue weighted by Gasteiger charge is 2.23. The summed E-state index contributed by atoms with van der Waals surface area (Å²) >= 11 is 0. The zero-order valence-electron chi connectivity index (χ0n) is 8.62. The van der Waals surface area contributed by atoms with Crippen LogP contribution in [0.1, 0.15) is 33.6 Å². The first kappa shape index (κ1) is 12.6. The van der Waals surface area contributed by atoms with E-state index < -0.39 is 11.7 Å². The molecule has 0 aromatic carbocycles. The Morgan fingerprint density at radius 1 is 1.46 bits per heavy atom. The molecule has 1 atom stereocenters. The van der Waals surface area contributed by atoms with Crippen LogP contribution in [0.25, 0.3) is 0 Å².